The van der Waals surface area contributed by atoms with E-state index in [0.717, 1.165) is 22.6 Å². The maximum Gasteiger partial charge on any atom is 0.251 e. The van der Waals surface area contributed by atoms with Crippen molar-refractivity contribution < 1.29 is 9.53 Å². The Morgan fingerprint density at radius 1 is 1.03 bits per heavy atom. The molecule has 1 amide bonds. The van der Waals surface area contributed by atoms with Gasteiger partial charge in [0.05, 0.1) is 17.6 Å². The van der Waals surface area contributed by atoms with E-state index in [9.17, 15) is 4.79 Å². The Hall–Kier alpha value is -3.31. The van der Waals surface area contributed by atoms with E-state index in [1.807, 2.05) is 30.3 Å². The standard InChI is InChI=1S/C27H28ClN3O2/c1-19(2)20-9-13-23(14-10-20)33-18-17-31-25-6-4-3-5-24(25)30-26(31)15-16-29-27(32)21-7-11-22(28)12-8-21/h3-14,19H,15-18H2,1-2H3,(H,29,32). The smallest absolute Gasteiger partial charge is 0.251 e. The first-order valence-corrected chi connectivity index (χ1v) is 11.6. The van der Waals surface area contributed by atoms with Gasteiger partial charge in [-0.15, -0.1) is 0 Å². The molecule has 0 atom stereocenters. The predicted molar refractivity (Wildman–Crippen MR) is 133 cm³/mol. The number of imidazole rings is 1. The summed E-state index contributed by atoms with van der Waals surface area (Å²) in [5.74, 6) is 2.16. The van der Waals surface area contributed by atoms with Crippen molar-refractivity contribution in [1.29, 1.82) is 0 Å². The maximum atomic E-state index is 12.4. The van der Waals surface area contributed by atoms with Gasteiger partial charge in [0.15, 0.2) is 0 Å². The third kappa shape index (κ3) is 5.74. The maximum absolute atomic E-state index is 12.4. The number of nitrogens with zero attached hydrogens (tertiary/aromatic N) is 2. The molecule has 5 nitrogen and oxygen atoms in total. The number of halogens is 1. The van der Waals surface area contributed by atoms with E-state index in [2.05, 4.69) is 41.9 Å². The average Bonchev–Trinajstić information content (AvgIpc) is 3.17. The fourth-order valence-corrected chi connectivity index (χ4v) is 3.89. The van der Waals surface area contributed by atoms with Gasteiger partial charge in [-0.3, -0.25) is 4.79 Å². The molecule has 0 aliphatic carbocycles. The van der Waals surface area contributed by atoms with Crippen molar-refractivity contribution in [3.8, 4) is 5.75 Å². The highest BCUT2D eigenvalue weighted by molar-refractivity contribution is 6.30. The van der Waals surface area contributed by atoms with E-state index in [0.29, 0.717) is 42.6 Å². The molecule has 0 saturated carbocycles. The monoisotopic (exact) mass is 461 g/mol. The highest BCUT2D eigenvalue weighted by Crippen LogP contribution is 2.20. The van der Waals surface area contributed by atoms with E-state index in [1.165, 1.54) is 5.56 Å². The third-order valence-electron chi connectivity index (χ3n) is 5.60. The summed E-state index contributed by atoms with van der Waals surface area (Å²) >= 11 is 5.90. The number of carbonyl (C=O) groups excluding carboxylic acids is 1. The molecule has 0 spiro atoms. The highest BCUT2D eigenvalue weighted by atomic mass is 35.5. The molecule has 0 aliphatic rings. The molecule has 6 heteroatoms. The minimum Gasteiger partial charge on any atom is -0.492 e. The molecule has 0 unspecified atom stereocenters. The number of hydrogen-bond acceptors (Lipinski definition) is 3. The molecule has 0 bridgehead atoms. The predicted octanol–water partition coefficient (Wildman–Crippen LogP) is 5.86. The number of benzene rings is 3. The summed E-state index contributed by atoms with van der Waals surface area (Å²) in [5.41, 5.74) is 3.89. The molecule has 1 heterocycles. The molecule has 0 radical (unpaired) electrons. The number of amides is 1. The van der Waals surface area contributed by atoms with Crippen LogP contribution in [0.15, 0.2) is 72.8 Å². The Bertz CT molecular complexity index is 1210. The first-order valence-electron chi connectivity index (χ1n) is 11.2. The highest BCUT2D eigenvalue weighted by Gasteiger charge is 2.12. The van der Waals surface area contributed by atoms with Gasteiger partial charge in [0.25, 0.3) is 5.91 Å². The second-order valence-corrected chi connectivity index (χ2v) is 8.69. The van der Waals surface area contributed by atoms with Crippen LogP contribution in [0.3, 0.4) is 0 Å². The lowest BCUT2D eigenvalue weighted by Gasteiger charge is -2.12. The number of aromatic nitrogens is 2. The van der Waals surface area contributed by atoms with Crippen molar-refractivity contribution in [1.82, 2.24) is 14.9 Å². The van der Waals surface area contributed by atoms with Gasteiger partial charge in [0.1, 0.15) is 18.2 Å². The van der Waals surface area contributed by atoms with Crippen LogP contribution in [0.2, 0.25) is 5.02 Å². The lowest BCUT2D eigenvalue weighted by molar-refractivity contribution is 0.0954. The molecule has 1 N–H and O–H groups in total. The zero-order valence-electron chi connectivity index (χ0n) is 18.9. The van der Waals surface area contributed by atoms with Gasteiger partial charge < -0.3 is 14.6 Å². The Morgan fingerprint density at radius 3 is 2.48 bits per heavy atom. The molecular weight excluding hydrogens is 434 g/mol. The van der Waals surface area contributed by atoms with Crippen LogP contribution < -0.4 is 10.1 Å². The lowest BCUT2D eigenvalue weighted by Crippen LogP contribution is -2.26. The van der Waals surface area contributed by atoms with E-state index >= 15 is 0 Å². The topological polar surface area (TPSA) is 56.1 Å². The largest absolute Gasteiger partial charge is 0.492 e. The van der Waals surface area contributed by atoms with E-state index < -0.39 is 0 Å². The number of ether oxygens (including phenoxy) is 1. The fourth-order valence-electron chi connectivity index (χ4n) is 3.76. The summed E-state index contributed by atoms with van der Waals surface area (Å²) < 4.78 is 8.17. The van der Waals surface area contributed by atoms with Gasteiger partial charge in [0.2, 0.25) is 0 Å². The number of fused-ring (bicyclic) bond motifs is 1. The molecule has 3 aromatic carbocycles. The normalized spacial score (nSPS) is 11.2. The second-order valence-electron chi connectivity index (χ2n) is 8.25. The van der Waals surface area contributed by atoms with E-state index in [1.54, 1.807) is 24.3 Å². The first kappa shape index (κ1) is 22.9. The Labute approximate surface area is 199 Å². The van der Waals surface area contributed by atoms with Crippen molar-refractivity contribution in [2.45, 2.75) is 32.7 Å². The van der Waals surface area contributed by atoms with Crippen LogP contribution in [-0.2, 0) is 13.0 Å². The molecule has 33 heavy (non-hydrogen) atoms. The first-order chi connectivity index (χ1) is 16.0. The van der Waals surface area contributed by atoms with Crippen molar-refractivity contribution in [3.05, 3.63) is 94.8 Å². The zero-order chi connectivity index (χ0) is 23.2. The van der Waals surface area contributed by atoms with Crippen LogP contribution in [-0.4, -0.2) is 28.6 Å². The van der Waals surface area contributed by atoms with Crippen molar-refractivity contribution in [2.75, 3.05) is 13.2 Å². The number of carbonyl (C=O) groups is 1. The summed E-state index contributed by atoms with van der Waals surface area (Å²) in [4.78, 5) is 17.2. The molecule has 1 aromatic heterocycles. The van der Waals surface area contributed by atoms with E-state index in [4.69, 9.17) is 21.3 Å². The van der Waals surface area contributed by atoms with Gasteiger partial charge in [0, 0.05) is 23.6 Å². The second kappa shape index (κ2) is 10.5. The van der Waals surface area contributed by atoms with Crippen molar-refractivity contribution in [2.24, 2.45) is 0 Å². The van der Waals surface area contributed by atoms with Gasteiger partial charge in [-0.2, -0.15) is 0 Å². The minimum atomic E-state index is -0.123. The van der Waals surface area contributed by atoms with E-state index in [-0.39, 0.29) is 5.91 Å². The average molecular weight is 462 g/mol. The summed E-state index contributed by atoms with van der Waals surface area (Å²) in [6, 6.07) is 23.2. The number of para-hydroxylation sites is 2. The molecular formula is C27H28ClN3O2. The minimum absolute atomic E-state index is 0.123. The molecule has 4 aromatic rings. The summed E-state index contributed by atoms with van der Waals surface area (Å²) in [6.45, 7) is 6.06. The SMILES string of the molecule is CC(C)c1ccc(OCCn2c(CCNC(=O)c3ccc(Cl)cc3)nc3ccccc32)cc1. The number of hydrogen-bond donors (Lipinski definition) is 1. The van der Waals surface area contributed by atoms with Gasteiger partial charge in [-0.1, -0.05) is 49.7 Å². The molecule has 4 rings (SSSR count). The lowest BCUT2D eigenvalue weighted by atomic mass is 10.0. The Morgan fingerprint density at radius 2 is 1.76 bits per heavy atom. The summed E-state index contributed by atoms with van der Waals surface area (Å²) in [7, 11) is 0. The molecule has 170 valence electrons. The van der Waals surface area contributed by atoms with Gasteiger partial charge in [-0.05, 0) is 60.0 Å². The molecule has 0 fully saturated rings. The fraction of sp³-hybridized carbons (Fsp3) is 0.259. The number of rotatable bonds is 9. The van der Waals surface area contributed by atoms with Gasteiger partial charge in [-0.25, -0.2) is 4.98 Å². The van der Waals surface area contributed by atoms with Crippen molar-refractivity contribution >= 4 is 28.5 Å². The van der Waals surface area contributed by atoms with Crippen LogP contribution in [0.1, 0.15) is 41.5 Å². The summed E-state index contributed by atoms with van der Waals surface area (Å²) in [6.07, 6.45) is 0.622. The van der Waals surface area contributed by atoms with Gasteiger partial charge >= 0.3 is 0 Å². The number of nitrogens with one attached hydrogen (secondary N) is 1. The summed E-state index contributed by atoms with van der Waals surface area (Å²) in [5, 5.41) is 3.58. The van der Waals surface area contributed by atoms with Crippen LogP contribution in [0.5, 0.6) is 5.75 Å². The molecule has 0 saturated heterocycles. The third-order valence-corrected chi connectivity index (χ3v) is 5.86. The van der Waals surface area contributed by atoms with Crippen molar-refractivity contribution in [3.63, 3.8) is 0 Å². The van der Waals surface area contributed by atoms with Crippen LogP contribution >= 0.6 is 11.6 Å². The van der Waals surface area contributed by atoms with Crippen LogP contribution in [0.25, 0.3) is 11.0 Å². The zero-order valence-corrected chi connectivity index (χ0v) is 19.7. The Kier molecular flexibility index (Phi) is 7.30. The van der Waals surface area contributed by atoms with Crippen LogP contribution in [0.4, 0.5) is 0 Å². The van der Waals surface area contributed by atoms with Crippen LogP contribution in [0, 0.1) is 0 Å². The Balaban J connectivity index is 1.39. The molecule has 0 aliphatic heterocycles. The quantitative estimate of drug-likeness (QED) is 0.339.